The largest absolute Gasteiger partial charge is 0.471 e. The number of amides is 2. The van der Waals surface area contributed by atoms with Crippen LogP contribution in [0.4, 0.5) is 0 Å². The molecule has 2 amide bonds. The molecule has 0 aromatic heterocycles. The Hall–Kier alpha value is 2.31. The Labute approximate surface area is 251 Å². The molecule has 1 aromatic carbocycles. The van der Waals surface area contributed by atoms with Crippen LogP contribution in [0.15, 0.2) is 12.1 Å². The van der Waals surface area contributed by atoms with Crippen LogP contribution >= 0.6 is 135 Å². The maximum atomic E-state index is 13.6. The molecule has 0 radical (unpaired) electrons. The lowest BCUT2D eigenvalue weighted by molar-refractivity contribution is 0.0531. The van der Waals surface area contributed by atoms with Gasteiger partial charge in [0.25, 0.3) is 11.8 Å². The number of benzene rings is 1. The van der Waals surface area contributed by atoms with Crippen molar-refractivity contribution in [1.82, 2.24) is 4.90 Å². The van der Waals surface area contributed by atoms with Crippen LogP contribution < -0.4 is 0 Å². The van der Waals surface area contributed by atoms with Crippen molar-refractivity contribution < 1.29 is 28.5 Å². The van der Waals surface area contributed by atoms with E-state index in [1.165, 1.54) is 0 Å². The monoisotopic (exact) mass is 978 g/mol. The van der Waals surface area contributed by atoms with Gasteiger partial charge in [-0.25, -0.2) is 9.46 Å². The van der Waals surface area contributed by atoms with Gasteiger partial charge in [0.05, 0.1) is 11.1 Å². The number of hydrogen-bond acceptors (Lipinski definition) is 4. The third kappa shape index (κ3) is 6.79. The Kier molecular flexibility index (Phi) is 11.2. The molecular weight excluding hydrogens is 972 g/mol. The van der Waals surface area contributed by atoms with Gasteiger partial charge in [0.1, 0.15) is 0 Å². The highest BCUT2D eigenvalue weighted by atomic mass is 79.9. The maximum Gasteiger partial charge on any atom is 0.471 e. The van der Waals surface area contributed by atoms with E-state index >= 15 is 0 Å². The Bertz CT molecular complexity index is 955. The van der Waals surface area contributed by atoms with Crippen LogP contribution in [0.25, 0.3) is 0 Å². The first-order valence-electron chi connectivity index (χ1n) is 8.53. The third-order valence-electron chi connectivity index (χ3n) is 4.33. The quantitative estimate of drug-likeness (QED) is 0.118. The van der Waals surface area contributed by atoms with E-state index in [0.717, 1.165) is 16.0 Å². The summed E-state index contributed by atoms with van der Waals surface area (Å²) < 4.78 is 12.2. The molecule has 1 aliphatic rings. The van der Waals surface area contributed by atoms with Crippen LogP contribution in [0.1, 0.15) is 31.8 Å². The van der Waals surface area contributed by atoms with Crippen LogP contribution in [0.3, 0.4) is 0 Å². The topological polar surface area (TPSA) is 104 Å². The lowest BCUT2D eigenvalue weighted by atomic mass is 9.92. The molecule has 2 atom stereocenters. The molecule has 180 valence electrons. The van der Waals surface area contributed by atoms with Gasteiger partial charge in [-0.2, -0.15) is 0 Å². The molecule has 2 N–H and O–H groups in total. The number of phosphoric ester groups is 1. The number of fused-ring (bicyclic) bond motifs is 1. The number of halogens is 8. The van der Waals surface area contributed by atoms with Crippen molar-refractivity contribution >= 4 is 147 Å². The molecule has 7 nitrogen and oxygen atoms in total. The lowest BCUT2D eigenvalue weighted by Gasteiger charge is -2.39. The second-order valence-electron chi connectivity index (χ2n) is 6.62. The summed E-state index contributed by atoms with van der Waals surface area (Å²) in [7, 11) is -5.02. The van der Waals surface area contributed by atoms with Gasteiger partial charge < -0.3 is 9.79 Å². The molecule has 0 bridgehead atoms. The Morgan fingerprint density at radius 1 is 0.969 bits per heavy atom. The van der Waals surface area contributed by atoms with Gasteiger partial charge in [-0.1, -0.05) is 69.8 Å². The SMILES string of the molecule is O=C1c2ccc(CC(Br)CBr)c(CC(Br)CBr)c2C(=O)N1C(Br)(Br)C(Br)(Br)OP(=O)(O)O. The number of imide groups is 1. The number of carbonyl (C=O) groups is 2. The highest BCUT2D eigenvalue weighted by Gasteiger charge is 2.60. The van der Waals surface area contributed by atoms with E-state index in [9.17, 15) is 23.9 Å². The van der Waals surface area contributed by atoms with Crippen molar-refractivity contribution in [1.29, 1.82) is 0 Å². The van der Waals surface area contributed by atoms with Crippen LogP contribution in [0, 0.1) is 0 Å². The summed E-state index contributed by atoms with van der Waals surface area (Å²) in [6.45, 7) is 0. The van der Waals surface area contributed by atoms with E-state index < -0.39 is 26.4 Å². The highest BCUT2D eigenvalue weighted by molar-refractivity contribution is 9.30. The van der Waals surface area contributed by atoms with Crippen molar-refractivity contribution in [3.05, 3.63) is 34.4 Å². The molecule has 0 saturated carbocycles. The molecule has 1 heterocycles. The van der Waals surface area contributed by atoms with Gasteiger partial charge in [0.2, 0.25) is 6.78 Å². The number of hydrogen-bond donors (Lipinski definition) is 2. The van der Waals surface area contributed by atoms with Crippen LogP contribution in [0.2, 0.25) is 0 Å². The van der Waals surface area contributed by atoms with Gasteiger partial charge >= 0.3 is 7.82 Å². The first-order chi connectivity index (χ1) is 14.6. The molecule has 0 aliphatic carbocycles. The molecule has 2 unspecified atom stereocenters. The van der Waals surface area contributed by atoms with Crippen LogP contribution in [-0.2, 0) is 21.9 Å². The number of nitrogens with zero attached hydrogens (tertiary/aromatic N) is 1. The standard InChI is InChI=1S/C16H14Br8NO6P/c17-5-8(19)3-7-1-2-10-12(11(7)4-9(20)6-18)14(27)25(13(10)26)15(21,22)16(23,24)31-32(28,29)30/h1-2,8-9H,3-6H2,(H2,28,29,30). The van der Waals surface area contributed by atoms with Crippen LogP contribution in [0.5, 0.6) is 0 Å². The van der Waals surface area contributed by atoms with E-state index in [0.29, 0.717) is 23.5 Å². The van der Waals surface area contributed by atoms with E-state index in [-0.39, 0.29) is 20.8 Å². The van der Waals surface area contributed by atoms with Crippen molar-refractivity contribution in [2.24, 2.45) is 0 Å². The minimum Gasteiger partial charge on any atom is -0.303 e. The molecule has 0 spiro atoms. The van der Waals surface area contributed by atoms with E-state index in [1.54, 1.807) is 6.07 Å². The average Bonchev–Trinajstić information content (AvgIpc) is 2.92. The minimum absolute atomic E-state index is 0.00424. The zero-order chi connectivity index (χ0) is 24.6. The second kappa shape index (κ2) is 11.8. The number of carbonyl (C=O) groups excluding carboxylic acids is 2. The van der Waals surface area contributed by atoms with E-state index in [1.807, 2.05) is 6.07 Å². The zero-order valence-corrected chi connectivity index (χ0v) is 29.2. The summed E-state index contributed by atoms with van der Waals surface area (Å²) in [5, 5.41) is 1.32. The second-order valence-corrected chi connectivity index (χ2v) is 18.3. The fourth-order valence-corrected chi connectivity index (χ4v) is 7.12. The van der Waals surface area contributed by atoms with Crippen molar-refractivity contribution in [2.75, 3.05) is 10.7 Å². The van der Waals surface area contributed by atoms with Crippen molar-refractivity contribution in [2.45, 2.75) is 29.3 Å². The summed E-state index contributed by atoms with van der Waals surface area (Å²) >= 11 is 26.4. The Balaban J connectivity index is 2.61. The van der Waals surface area contributed by atoms with Gasteiger partial charge in [0, 0.05) is 20.3 Å². The molecule has 32 heavy (non-hydrogen) atoms. The first-order valence-corrected chi connectivity index (χ1v) is 17.3. The fourth-order valence-electron chi connectivity index (χ4n) is 3.02. The lowest BCUT2D eigenvalue weighted by Crippen LogP contribution is -2.53. The summed E-state index contributed by atoms with van der Waals surface area (Å²) in [4.78, 5) is 46.3. The number of alkyl halides is 8. The van der Waals surface area contributed by atoms with Crippen molar-refractivity contribution in [3.63, 3.8) is 0 Å². The third-order valence-corrected chi connectivity index (χ3v) is 15.4. The fraction of sp³-hybridized carbons (Fsp3) is 0.500. The number of rotatable bonds is 10. The Morgan fingerprint density at radius 2 is 1.50 bits per heavy atom. The first kappa shape index (κ1) is 30.5. The molecule has 1 aliphatic heterocycles. The van der Waals surface area contributed by atoms with Gasteiger partial charge in [-0.15, -0.1) is 0 Å². The smallest absolute Gasteiger partial charge is 0.303 e. The number of phosphoric acid groups is 1. The molecule has 2 rings (SSSR count). The molecule has 16 heteroatoms. The predicted octanol–water partition coefficient (Wildman–Crippen LogP) is 6.68. The molecule has 0 fully saturated rings. The zero-order valence-electron chi connectivity index (χ0n) is 15.6. The predicted molar refractivity (Wildman–Crippen MR) is 152 cm³/mol. The summed E-state index contributed by atoms with van der Waals surface area (Å²) in [6.07, 6.45) is 1.09. The molecule has 0 saturated heterocycles. The average molecular weight is 986 g/mol. The minimum atomic E-state index is -5.02. The van der Waals surface area contributed by atoms with Gasteiger partial charge in [-0.3, -0.25) is 14.1 Å². The Morgan fingerprint density at radius 3 is 2.00 bits per heavy atom. The van der Waals surface area contributed by atoms with Gasteiger partial charge in [0.15, 0.2) is 0 Å². The van der Waals surface area contributed by atoms with Crippen molar-refractivity contribution in [3.8, 4) is 0 Å². The normalized spacial score (nSPS) is 17.0. The van der Waals surface area contributed by atoms with Gasteiger partial charge in [-0.05, 0) is 93.8 Å². The van der Waals surface area contributed by atoms with E-state index in [2.05, 4.69) is 127 Å². The van der Waals surface area contributed by atoms with E-state index in [4.69, 9.17) is 4.52 Å². The molecule has 1 aromatic rings. The summed E-state index contributed by atoms with van der Waals surface area (Å²) in [5.74, 6) is -1.31. The summed E-state index contributed by atoms with van der Waals surface area (Å²) in [6, 6.07) is 3.41. The maximum absolute atomic E-state index is 13.6. The van der Waals surface area contributed by atoms with Crippen LogP contribution in [-0.4, -0.2) is 53.6 Å². The summed E-state index contributed by atoms with van der Waals surface area (Å²) in [5.41, 5.74) is 2.05. The molecular formula is C16H14Br8NO6P. The highest BCUT2D eigenvalue weighted by Crippen LogP contribution is 2.59.